The molecule has 176 valence electrons. The lowest BCUT2D eigenvalue weighted by Gasteiger charge is -2.19. The quantitative estimate of drug-likeness (QED) is 0.232. The standard InChI is InChI=1S/C36H26O/c1-3-12-24-23(2)13-10-19-26(24)34-27-15-4-6-17-29(27)35(30-18-7-5-16-28(30)34)32-21-11-20-31-25-14-8-9-22-33(25)37-36(31)32/h3-22H,1-2H3/b12-3-. The van der Waals surface area contributed by atoms with Crippen LogP contribution < -0.4 is 0 Å². The van der Waals surface area contributed by atoms with Gasteiger partial charge in [0.25, 0.3) is 0 Å². The van der Waals surface area contributed by atoms with Gasteiger partial charge in [0.15, 0.2) is 0 Å². The first-order valence-electron chi connectivity index (χ1n) is 12.8. The van der Waals surface area contributed by atoms with Crippen molar-refractivity contribution in [1.29, 1.82) is 0 Å². The zero-order chi connectivity index (χ0) is 24.9. The van der Waals surface area contributed by atoms with Crippen molar-refractivity contribution in [2.45, 2.75) is 13.8 Å². The number of aryl methyl sites for hydroxylation is 1. The van der Waals surface area contributed by atoms with E-state index in [0.29, 0.717) is 0 Å². The van der Waals surface area contributed by atoms with Gasteiger partial charge >= 0.3 is 0 Å². The van der Waals surface area contributed by atoms with Gasteiger partial charge in [0.1, 0.15) is 11.2 Å². The number of fused-ring (bicyclic) bond motifs is 5. The van der Waals surface area contributed by atoms with Crippen molar-refractivity contribution in [3.05, 3.63) is 126 Å². The molecule has 37 heavy (non-hydrogen) atoms. The summed E-state index contributed by atoms with van der Waals surface area (Å²) in [5.74, 6) is 0. The minimum absolute atomic E-state index is 0.922. The summed E-state index contributed by atoms with van der Waals surface area (Å²) in [7, 11) is 0. The molecule has 0 radical (unpaired) electrons. The Balaban J connectivity index is 1.67. The van der Waals surface area contributed by atoms with Crippen molar-refractivity contribution >= 4 is 49.6 Å². The third-order valence-electron chi connectivity index (χ3n) is 7.53. The van der Waals surface area contributed by atoms with Crippen LogP contribution in [0.2, 0.25) is 0 Å². The van der Waals surface area contributed by atoms with Crippen LogP contribution in [0.25, 0.3) is 71.8 Å². The molecule has 6 aromatic carbocycles. The molecule has 0 bridgehead atoms. The third kappa shape index (κ3) is 3.24. The Kier molecular flexibility index (Phi) is 4.97. The number of para-hydroxylation sites is 2. The summed E-state index contributed by atoms with van der Waals surface area (Å²) in [6, 6.07) is 39.1. The second-order valence-electron chi connectivity index (χ2n) is 9.66. The Hall–Kier alpha value is -4.62. The van der Waals surface area contributed by atoms with Crippen molar-refractivity contribution in [3.8, 4) is 22.3 Å². The van der Waals surface area contributed by atoms with Crippen molar-refractivity contribution in [3.63, 3.8) is 0 Å². The number of furan rings is 1. The molecule has 7 aromatic rings. The van der Waals surface area contributed by atoms with Gasteiger partial charge in [-0.2, -0.15) is 0 Å². The zero-order valence-electron chi connectivity index (χ0n) is 21.0. The van der Waals surface area contributed by atoms with Crippen LogP contribution in [-0.4, -0.2) is 0 Å². The molecule has 0 aliphatic heterocycles. The smallest absolute Gasteiger partial charge is 0.143 e. The minimum atomic E-state index is 0.922. The van der Waals surface area contributed by atoms with E-state index < -0.39 is 0 Å². The van der Waals surface area contributed by atoms with Crippen LogP contribution in [-0.2, 0) is 0 Å². The van der Waals surface area contributed by atoms with Crippen LogP contribution >= 0.6 is 0 Å². The van der Waals surface area contributed by atoms with E-state index in [1.165, 1.54) is 49.4 Å². The molecule has 1 heteroatoms. The summed E-state index contributed by atoms with van der Waals surface area (Å²) in [6.07, 6.45) is 4.37. The van der Waals surface area contributed by atoms with E-state index in [1.807, 2.05) is 6.07 Å². The van der Waals surface area contributed by atoms with Crippen LogP contribution in [0, 0.1) is 6.92 Å². The number of hydrogen-bond donors (Lipinski definition) is 0. The largest absolute Gasteiger partial charge is 0.455 e. The molecule has 0 spiro atoms. The summed E-state index contributed by atoms with van der Waals surface area (Å²) in [6.45, 7) is 4.28. The monoisotopic (exact) mass is 474 g/mol. The predicted octanol–water partition coefficient (Wildman–Crippen LogP) is 10.6. The highest BCUT2D eigenvalue weighted by Crippen LogP contribution is 2.47. The van der Waals surface area contributed by atoms with Crippen molar-refractivity contribution in [1.82, 2.24) is 0 Å². The van der Waals surface area contributed by atoms with E-state index in [9.17, 15) is 0 Å². The molecule has 0 unspecified atom stereocenters. The lowest BCUT2D eigenvalue weighted by molar-refractivity contribution is 0.670. The van der Waals surface area contributed by atoms with Gasteiger partial charge in [-0.05, 0) is 63.7 Å². The topological polar surface area (TPSA) is 13.1 Å². The highest BCUT2D eigenvalue weighted by atomic mass is 16.3. The Labute approximate surface area is 216 Å². The SMILES string of the molecule is C/C=C\c1c(C)cccc1-c1c2ccccc2c(-c2cccc3c2oc2ccccc23)c2ccccc12. The normalized spacial score (nSPS) is 11.9. The molecule has 0 saturated carbocycles. The first-order chi connectivity index (χ1) is 18.3. The van der Waals surface area contributed by atoms with Crippen LogP contribution in [0.15, 0.2) is 120 Å². The van der Waals surface area contributed by atoms with Gasteiger partial charge in [-0.3, -0.25) is 0 Å². The van der Waals surface area contributed by atoms with Gasteiger partial charge in [-0.25, -0.2) is 0 Å². The molecule has 0 saturated heterocycles. The van der Waals surface area contributed by atoms with E-state index in [0.717, 1.165) is 27.5 Å². The van der Waals surface area contributed by atoms with E-state index >= 15 is 0 Å². The lowest BCUT2D eigenvalue weighted by Crippen LogP contribution is -1.93. The fourth-order valence-electron chi connectivity index (χ4n) is 5.94. The lowest BCUT2D eigenvalue weighted by atomic mass is 9.84. The Bertz CT molecular complexity index is 1940. The molecule has 1 aromatic heterocycles. The molecule has 0 aliphatic rings. The average molecular weight is 475 g/mol. The van der Waals surface area contributed by atoms with Crippen molar-refractivity contribution < 1.29 is 4.42 Å². The van der Waals surface area contributed by atoms with Gasteiger partial charge in [0.2, 0.25) is 0 Å². The second-order valence-corrected chi connectivity index (χ2v) is 9.66. The maximum Gasteiger partial charge on any atom is 0.143 e. The van der Waals surface area contributed by atoms with Gasteiger partial charge in [-0.1, -0.05) is 115 Å². The number of hydrogen-bond acceptors (Lipinski definition) is 1. The van der Waals surface area contributed by atoms with E-state index in [1.54, 1.807) is 0 Å². The molecule has 0 N–H and O–H groups in total. The summed E-state index contributed by atoms with van der Waals surface area (Å²) in [5.41, 5.74) is 9.31. The second kappa shape index (κ2) is 8.50. The van der Waals surface area contributed by atoms with Crippen LogP contribution in [0.5, 0.6) is 0 Å². The number of benzene rings is 6. The maximum atomic E-state index is 6.51. The molecule has 1 nitrogen and oxygen atoms in total. The number of rotatable bonds is 3. The molecule has 0 atom stereocenters. The summed E-state index contributed by atoms with van der Waals surface area (Å²) >= 11 is 0. The Morgan fingerprint density at radius 2 is 1.03 bits per heavy atom. The molecule has 0 aliphatic carbocycles. The van der Waals surface area contributed by atoms with E-state index in [-0.39, 0.29) is 0 Å². The Morgan fingerprint density at radius 3 is 1.68 bits per heavy atom. The maximum absolute atomic E-state index is 6.51. The fraction of sp³-hybridized carbons (Fsp3) is 0.0556. The fourth-order valence-corrected chi connectivity index (χ4v) is 5.94. The van der Waals surface area contributed by atoms with Crippen LogP contribution in [0.3, 0.4) is 0 Å². The van der Waals surface area contributed by atoms with Gasteiger partial charge in [0.05, 0.1) is 0 Å². The van der Waals surface area contributed by atoms with E-state index in [2.05, 4.69) is 129 Å². The third-order valence-corrected chi connectivity index (χ3v) is 7.53. The number of allylic oxidation sites excluding steroid dienone is 1. The first-order valence-corrected chi connectivity index (χ1v) is 12.8. The zero-order valence-corrected chi connectivity index (χ0v) is 21.0. The molecular weight excluding hydrogens is 448 g/mol. The summed E-state index contributed by atoms with van der Waals surface area (Å²) in [5, 5.41) is 7.27. The van der Waals surface area contributed by atoms with Gasteiger partial charge in [-0.15, -0.1) is 0 Å². The molecular formula is C36H26O. The summed E-state index contributed by atoms with van der Waals surface area (Å²) < 4.78 is 6.51. The molecule has 0 fully saturated rings. The van der Waals surface area contributed by atoms with Gasteiger partial charge < -0.3 is 4.42 Å². The predicted molar refractivity (Wildman–Crippen MR) is 159 cm³/mol. The highest BCUT2D eigenvalue weighted by Gasteiger charge is 2.20. The molecule has 0 amide bonds. The van der Waals surface area contributed by atoms with E-state index in [4.69, 9.17) is 4.42 Å². The van der Waals surface area contributed by atoms with Crippen LogP contribution in [0.1, 0.15) is 18.1 Å². The highest BCUT2D eigenvalue weighted by molar-refractivity contribution is 6.24. The average Bonchev–Trinajstić information content (AvgIpc) is 3.32. The molecule has 7 rings (SSSR count). The van der Waals surface area contributed by atoms with Crippen molar-refractivity contribution in [2.75, 3.05) is 0 Å². The van der Waals surface area contributed by atoms with Crippen molar-refractivity contribution in [2.24, 2.45) is 0 Å². The summed E-state index contributed by atoms with van der Waals surface area (Å²) in [4.78, 5) is 0. The molecule has 1 heterocycles. The first kappa shape index (κ1) is 21.6. The minimum Gasteiger partial charge on any atom is -0.455 e. The Morgan fingerprint density at radius 1 is 0.514 bits per heavy atom. The van der Waals surface area contributed by atoms with Crippen LogP contribution in [0.4, 0.5) is 0 Å². The van der Waals surface area contributed by atoms with Gasteiger partial charge in [0, 0.05) is 21.9 Å².